The number of nitrogens with zero attached hydrogens (tertiary/aromatic N) is 1. The van der Waals surface area contributed by atoms with E-state index in [1.807, 2.05) is 18.2 Å². The zero-order chi connectivity index (χ0) is 16.9. The third kappa shape index (κ3) is 3.56. The Morgan fingerprint density at radius 3 is 2.96 bits per heavy atom. The summed E-state index contributed by atoms with van der Waals surface area (Å²) in [4.78, 5) is 29.7. The highest BCUT2D eigenvalue weighted by Gasteiger charge is 2.28. The summed E-state index contributed by atoms with van der Waals surface area (Å²) >= 11 is 1.46. The van der Waals surface area contributed by atoms with Crippen molar-refractivity contribution in [3.63, 3.8) is 0 Å². The lowest BCUT2D eigenvalue weighted by Crippen LogP contribution is -2.29. The minimum Gasteiger partial charge on any atom is -0.462 e. The van der Waals surface area contributed by atoms with E-state index in [1.54, 1.807) is 13.1 Å². The second-order valence-electron chi connectivity index (χ2n) is 5.41. The number of urea groups is 1. The van der Waals surface area contributed by atoms with Crippen LogP contribution in [0.25, 0.3) is 0 Å². The van der Waals surface area contributed by atoms with Crippen molar-refractivity contribution in [3.05, 3.63) is 46.1 Å². The predicted molar refractivity (Wildman–Crippen MR) is 92.4 cm³/mol. The lowest BCUT2D eigenvalue weighted by Gasteiger charge is -2.09. The molecular weight excluding hydrogens is 326 g/mol. The Bertz CT molecular complexity index is 743. The molecule has 2 aromatic rings. The summed E-state index contributed by atoms with van der Waals surface area (Å²) in [5.41, 5.74) is 2.31. The average molecular weight is 345 g/mol. The van der Waals surface area contributed by atoms with Gasteiger partial charge in [-0.15, -0.1) is 11.3 Å². The Morgan fingerprint density at radius 2 is 2.21 bits per heavy atom. The van der Waals surface area contributed by atoms with E-state index in [4.69, 9.17) is 4.74 Å². The Morgan fingerprint density at radius 1 is 1.33 bits per heavy atom. The lowest BCUT2D eigenvalue weighted by atomic mass is 10.1. The molecule has 0 bridgehead atoms. The number of hydrogen-bond acceptors (Lipinski definition) is 5. The van der Waals surface area contributed by atoms with Gasteiger partial charge in [-0.2, -0.15) is 0 Å². The summed E-state index contributed by atoms with van der Waals surface area (Å²) in [6.45, 7) is 2.42. The molecule has 0 atom stereocenters. The minimum absolute atomic E-state index is 0.314. The fourth-order valence-electron chi connectivity index (χ4n) is 2.73. The fourth-order valence-corrected chi connectivity index (χ4v) is 4.00. The van der Waals surface area contributed by atoms with Crippen LogP contribution in [0.1, 0.15) is 39.8 Å². The third-order valence-corrected chi connectivity index (χ3v) is 4.99. The van der Waals surface area contributed by atoms with Gasteiger partial charge in [0.25, 0.3) is 0 Å². The second kappa shape index (κ2) is 7.44. The molecule has 2 aromatic heterocycles. The molecule has 0 saturated carbocycles. The highest BCUT2D eigenvalue weighted by molar-refractivity contribution is 7.17. The quantitative estimate of drug-likeness (QED) is 0.816. The SMILES string of the molecule is CCOC(=O)c1c(NC(=O)NCc2ccccn2)sc2c1CCC2. The van der Waals surface area contributed by atoms with E-state index in [-0.39, 0.29) is 12.0 Å². The molecule has 0 fully saturated rings. The molecular formula is C17H19N3O3S. The van der Waals surface area contributed by atoms with Gasteiger partial charge in [0.2, 0.25) is 0 Å². The second-order valence-corrected chi connectivity index (χ2v) is 6.52. The molecule has 24 heavy (non-hydrogen) atoms. The van der Waals surface area contributed by atoms with Crippen molar-refractivity contribution in [2.45, 2.75) is 32.7 Å². The fraction of sp³-hybridized carbons (Fsp3) is 0.353. The Kier molecular flexibility index (Phi) is 5.10. The zero-order valence-electron chi connectivity index (χ0n) is 13.4. The molecule has 0 aromatic carbocycles. The largest absolute Gasteiger partial charge is 0.462 e. The van der Waals surface area contributed by atoms with Gasteiger partial charge < -0.3 is 10.1 Å². The molecule has 1 aliphatic rings. The molecule has 1 aliphatic carbocycles. The summed E-state index contributed by atoms with van der Waals surface area (Å²) in [6.07, 6.45) is 4.53. The number of fused-ring (bicyclic) bond motifs is 1. The van der Waals surface area contributed by atoms with E-state index in [0.29, 0.717) is 23.7 Å². The van der Waals surface area contributed by atoms with E-state index in [0.717, 1.165) is 35.4 Å². The van der Waals surface area contributed by atoms with Crippen LogP contribution in [0.3, 0.4) is 0 Å². The summed E-state index contributed by atoms with van der Waals surface area (Å²) < 4.78 is 5.15. The Labute approximate surface area is 144 Å². The van der Waals surface area contributed by atoms with Crippen molar-refractivity contribution in [2.75, 3.05) is 11.9 Å². The van der Waals surface area contributed by atoms with E-state index in [2.05, 4.69) is 15.6 Å². The topological polar surface area (TPSA) is 80.3 Å². The van der Waals surface area contributed by atoms with Gasteiger partial charge in [0.1, 0.15) is 5.00 Å². The molecule has 6 nitrogen and oxygen atoms in total. The predicted octanol–water partition coefficient (Wildman–Crippen LogP) is 3.13. The van der Waals surface area contributed by atoms with Crippen LogP contribution in [0.2, 0.25) is 0 Å². The van der Waals surface area contributed by atoms with Crippen LogP contribution < -0.4 is 10.6 Å². The number of amides is 2. The van der Waals surface area contributed by atoms with Crippen LogP contribution in [0, 0.1) is 0 Å². The molecule has 7 heteroatoms. The van der Waals surface area contributed by atoms with Gasteiger partial charge in [-0.05, 0) is 43.9 Å². The summed E-state index contributed by atoms with van der Waals surface area (Å²) in [5.74, 6) is -0.364. The highest BCUT2D eigenvalue weighted by Crippen LogP contribution is 2.39. The number of ether oxygens (including phenoxy) is 1. The number of carbonyl (C=O) groups is 2. The number of pyridine rings is 1. The van der Waals surface area contributed by atoms with Gasteiger partial charge >= 0.3 is 12.0 Å². The van der Waals surface area contributed by atoms with Crippen LogP contribution in [-0.2, 0) is 24.1 Å². The summed E-state index contributed by atoms with van der Waals surface area (Å²) in [6, 6.07) is 5.17. The van der Waals surface area contributed by atoms with Gasteiger partial charge in [-0.3, -0.25) is 10.3 Å². The van der Waals surface area contributed by atoms with E-state index >= 15 is 0 Å². The van der Waals surface area contributed by atoms with Gasteiger partial charge in [0.15, 0.2) is 0 Å². The molecule has 2 amide bonds. The molecule has 2 heterocycles. The molecule has 0 spiro atoms. The van der Waals surface area contributed by atoms with Crippen LogP contribution in [0.15, 0.2) is 24.4 Å². The van der Waals surface area contributed by atoms with Crippen molar-refractivity contribution in [1.82, 2.24) is 10.3 Å². The van der Waals surface area contributed by atoms with Crippen LogP contribution in [0.4, 0.5) is 9.80 Å². The van der Waals surface area contributed by atoms with Gasteiger partial charge in [0, 0.05) is 11.1 Å². The van der Waals surface area contributed by atoms with Crippen molar-refractivity contribution in [2.24, 2.45) is 0 Å². The first-order valence-electron chi connectivity index (χ1n) is 7.95. The molecule has 0 radical (unpaired) electrons. The number of carbonyl (C=O) groups excluding carboxylic acids is 2. The molecule has 3 rings (SSSR count). The van der Waals surface area contributed by atoms with Crippen LogP contribution in [0.5, 0.6) is 0 Å². The van der Waals surface area contributed by atoms with Gasteiger partial charge in [-0.25, -0.2) is 9.59 Å². The first-order valence-corrected chi connectivity index (χ1v) is 8.77. The Balaban J connectivity index is 1.70. The van der Waals surface area contributed by atoms with Crippen molar-refractivity contribution in [1.29, 1.82) is 0 Å². The minimum atomic E-state index is -0.364. The maximum atomic E-state index is 12.2. The average Bonchev–Trinajstić information content (AvgIpc) is 3.14. The number of esters is 1. The lowest BCUT2D eigenvalue weighted by molar-refractivity contribution is 0.0527. The number of thiophene rings is 1. The number of anilines is 1. The number of hydrogen-bond donors (Lipinski definition) is 2. The van der Waals surface area contributed by atoms with Crippen molar-refractivity contribution in [3.8, 4) is 0 Å². The molecule has 0 saturated heterocycles. The highest BCUT2D eigenvalue weighted by atomic mass is 32.1. The maximum Gasteiger partial charge on any atom is 0.341 e. The number of rotatable bonds is 5. The smallest absolute Gasteiger partial charge is 0.341 e. The molecule has 0 unspecified atom stereocenters. The van der Waals surface area contributed by atoms with Crippen molar-refractivity contribution < 1.29 is 14.3 Å². The van der Waals surface area contributed by atoms with E-state index in [1.165, 1.54) is 11.3 Å². The van der Waals surface area contributed by atoms with E-state index < -0.39 is 0 Å². The van der Waals surface area contributed by atoms with E-state index in [9.17, 15) is 9.59 Å². The molecule has 0 aliphatic heterocycles. The Hall–Kier alpha value is -2.41. The molecule has 126 valence electrons. The van der Waals surface area contributed by atoms with Gasteiger partial charge in [-0.1, -0.05) is 6.07 Å². The summed E-state index contributed by atoms with van der Waals surface area (Å²) in [7, 11) is 0. The van der Waals surface area contributed by atoms with Gasteiger partial charge in [0.05, 0.1) is 24.4 Å². The standard InChI is InChI=1S/C17H19N3O3S/c1-2-23-16(21)14-12-7-5-8-13(12)24-15(14)20-17(22)19-10-11-6-3-4-9-18-11/h3-4,6,9H,2,5,7-8,10H2,1H3,(H2,19,20,22). The monoisotopic (exact) mass is 345 g/mol. The first-order chi connectivity index (χ1) is 11.7. The number of nitrogens with one attached hydrogen (secondary N) is 2. The van der Waals surface area contributed by atoms with Crippen molar-refractivity contribution >= 4 is 28.3 Å². The van der Waals surface area contributed by atoms with Crippen LogP contribution in [-0.4, -0.2) is 23.6 Å². The summed E-state index contributed by atoms with van der Waals surface area (Å²) in [5, 5.41) is 6.11. The maximum absolute atomic E-state index is 12.2. The number of aryl methyl sites for hydroxylation is 1. The van der Waals surface area contributed by atoms with Crippen LogP contribution >= 0.6 is 11.3 Å². The first kappa shape index (κ1) is 16.4. The normalized spacial score (nSPS) is 12.5. The third-order valence-electron chi connectivity index (χ3n) is 3.78. The molecule has 2 N–H and O–H groups in total. The number of aromatic nitrogens is 1. The zero-order valence-corrected chi connectivity index (χ0v) is 14.2.